The molecule has 0 radical (unpaired) electrons. The third kappa shape index (κ3) is 1.01. The molecule has 2 aliphatic heterocycles. The highest BCUT2D eigenvalue weighted by molar-refractivity contribution is 5.82. The van der Waals surface area contributed by atoms with Crippen molar-refractivity contribution in [3.8, 4) is 0 Å². The summed E-state index contributed by atoms with van der Waals surface area (Å²) < 4.78 is 10.6. The van der Waals surface area contributed by atoms with Crippen LogP contribution in [0.1, 0.15) is 12.8 Å². The highest BCUT2D eigenvalue weighted by Crippen LogP contribution is 2.15. The number of nitrogens with zero attached hydrogens (tertiary/aromatic N) is 1. The van der Waals surface area contributed by atoms with Gasteiger partial charge >= 0.3 is 0 Å². The minimum atomic E-state index is 0.183. The predicted octanol–water partition coefficient (Wildman–Crippen LogP) is 0.594. The van der Waals surface area contributed by atoms with E-state index in [0.29, 0.717) is 0 Å². The van der Waals surface area contributed by atoms with E-state index in [2.05, 4.69) is 4.99 Å². The van der Waals surface area contributed by atoms with E-state index < -0.39 is 0 Å². The zero-order valence-corrected chi connectivity index (χ0v) is 5.88. The van der Waals surface area contributed by atoms with Gasteiger partial charge in [-0.25, -0.2) is 4.99 Å². The molecule has 0 amide bonds. The summed E-state index contributed by atoms with van der Waals surface area (Å²) in [6.45, 7) is 2.43. The fourth-order valence-corrected chi connectivity index (χ4v) is 1.32. The first-order valence-corrected chi connectivity index (χ1v) is 3.75. The number of aliphatic imine (C=N–C) groups is 1. The van der Waals surface area contributed by atoms with Gasteiger partial charge in [0, 0.05) is 6.61 Å². The molecule has 0 unspecified atom stereocenters. The van der Waals surface area contributed by atoms with Gasteiger partial charge in [-0.15, -0.1) is 0 Å². The van der Waals surface area contributed by atoms with Gasteiger partial charge in [0.1, 0.15) is 12.7 Å². The van der Waals surface area contributed by atoms with Gasteiger partial charge in [0.15, 0.2) is 0 Å². The Morgan fingerprint density at radius 1 is 1.40 bits per heavy atom. The molecule has 56 valence electrons. The van der Waals surface area contributed by atoms with Gasteiger partial charge in [0.25, 0.3) is 0 Å². The van der Waals surface area contributed by atoms with Crippen molar-refractivity contribution in [1.29, 1.82) is 0 Å². The van der Waals surface area contributed by atoms with Crippen LogP contribution in [0.15, 0.2) is 4.99 Å². The van der Waals surface area contributed by atoms with Crippen molar-refractivity contribution in [3.05, 3.63) is 0 Å². The van der Waals surface area contributed by atoms with Crippen LogP contribution in [0.4, 0.5) is 0 Å². The van der Waals surface area contributed by atoms with Crippen LogP contribution in [0.2, 0.25) is 0 Å². The van der Waals surface area contributed by atoms with Crippen LogP contribution in [0.25, 0.3) is 0 Å². The second kappa shape index (κ2) is 2.58. The predicted molar refractivity (Wildman–Crippen MR) is 37.2 cm³/mol. The van der Waals surface area contributed by atoms with E-state index in [1.165, 1.54) is 0 Å². The molecule has 0 aromatic rings. The second-order valence-corrected chi connectivity index (χ2v) is 2.57. The molecule has 3 heteroatoms. The van der Waals surface area contributed by atoms with Gasteiger partial charge in [0.2, 0.25) is 5.90 Å². The van der Waals surface area contributed by atoms with Gasteiger partial charge in [-0.3, -0.25) is 0 Å². The molecular formula is C7H11NO2. The lowest BCUT2D eigenvalue weighted by Crippen LogP contribution is -2.19. The molecule has 0 aliphatic carbocycles. The Kier molecular flexibility index (Phi) is 1.59. The first-order chi connectivity index (χ1) is 4.97. The number of hydrogen-bond acceptors (Lipinski definition) is 3. The Hall–Kier alpha value is -0.570. The lowest BCUT2D eigenvalue weighted by atomic mass is 10.2. The molecule has 0 N–H and O–H groups in total. The van der Waals surface area contributed by atoms with Gasteiger partial charge in [-0.2, -0.15) is 0 Å². The summed E-state index contributed by atoms with van der Waals surface area (Å²) in [5.41, 5.74) is 0. The molecular weight excluding hydrogens is 130 g/mol. The maximum atomic E-state index is 5.38. The number of hydrogen-bond donors (Lipinski definition) is 0. The van der Waals surface area contributed by atoms with Crippen LogP contribution >= 0.6 is 0 Å². The zero-order valence-electron chi connectivity index (χ0n) is 5.88. The van der Waals surface area contributed by atoms with Gasteiger partial charge in [-0.05, 0) is 12.8 Å². The molecule has 2 rings (SSSR count). The van der Waals surface area contributed by atoms with Crippen molar-refractivity contribution in [2.75, 3.05) is 19.8 Å². The van der Waals surface area contributed by atoms with Crippen LogP contribution in [0.5, 0.6) is 0 Å². The molecule has 0 aromatic carbocycles. The van der Waals surface area contributed by atoms with Crippen molar-refractivity contribution >= 4 is 5.90 Å². The van der Waals surface area contributed by atoms with Crippen LogP contribution in [0.3, 0.4) is 0 Å². The molecule has 1 fully saturated rings. The van der Waals surface area contributed by atoms with Crippen LogP contribution in [0, 0.1) is 0 Å². The van der Waals surface area contributed by atoms with E-state index in [-0.39, 0.29) is 6.10 Å². The van der Waals surface area contributed by atoms with E-state index in [1.54, 1.807) is 0 Å². The number of ether oxygens (including phenoxy) is 2. The van der Waals surface area contributed by atoms with E-state index >= 15 is 0 Å². The lowest BCUT2D eigenvalue weighted by molar-refractivity contribution is 0.137. The average molecular weight is 141 g/mol. The molecule has 10 heavy (non-hydrogen) atoms. The maximum absolute atomic E-state index is 5.38. The number of rotatable bonds is 1. The average Bonchev–Trinajstić information content (AvgIpc) is 2.59. The van der Waals surface area contributed by atoms with E-state index in [4.69, 9.17) is 9.47 Å². The molecule has 0 spiro atoms. The van der Waals surface area contributed by atoms with Gasteiger partial charge in [0.05, 0.1) is 6.54 Å². The minimum Gasteiger partial charge on any atom is -0.477 e. The minimum absolute atomic E-state index is 0.183. The Morgan fingerprint density at radius 2 is 2.40 bits per heavy atom. The van der Waals surface area contributed by atoms with Crippen molar-refractivity contribution in [1.82, 2.24) is 0 Å². The second-order valence-electron chi connectivity index (χ2n) is 2.57. The summed E-state index contributed by atoms with van der Waals surface area (Å²) in [5, 5.41) is 0. The first kappa shape index (κ1) is 6.16. The zero-order chi connectivity index (χ0) is 6.81. The summed E-state index contributed by atoms with van der Waals surface area (Å²) in [5.74, 6) is 0.831. The monoisotopic (exact) mass is 141 g/mol. The van der Waals surface area contributed by atoms with Crippen LogP contribution < -0.4 is 0 Å². The van der Waals surface area contributed by atoms with E-state index in [1.807, 2.05) is 0 Å². The highest BCUT2D eigenvalue weighted by Gasteiger charge is 2.24. The largest absolute Gasteiger partial charge is 0.477 e. The molecule has 3 nitrogen and oxygen atoms in total. The van der Waals surface area contributed by atoms with Crippen molar-refractivity contribution in [3.63, 3.8) is 0 Å². The Morgan fingerprint density at radius 3 is 3.00 bits per heavy atom. The summed E-state index contributed by atoms with van der Waals surface area (Å²) in [7, 11) is 0. The molecule has 1 atom stereocenters. The topological polar surface area (TPSA) is 30.8 Å². The van der Waals surface area contributed by atoms with Gasteiger partial charge < -0.3 is 9.47 Å². The summed E-state index contributed by atoms with van der Waals surface area (Å²) in [6, 6.07) is 0. The summed E-state index contributed by atoms with van der Waals surface area (Å²) >= 11 is 0. The molecule has 2 heterocycles. The highest BCUT2D eigenvalue weighted by atomic mass is 16.5. The van der Waals surface area contributed by atoms with Crippen LogP contribution in [-0.4, -0.2) is 31.8 Å². The van der Waals surface area contributed by atoms with Crippen LogP contribution in [-0.2, 0) is 9.47 Å². The maximum Gasteiger partial charge on any atom is 0.213 e. The van der Waals surface area contributed by atoms with E-state index in [0.717, 1.165) is 38.5 Å². The van der Waals surface area contributed by atoms with E-state index in [9.17, 15) is 0 Å². The fraction of sp³-hybridized carbons (Fsp3) is 0.857. The van der Waals surface area contributed by atoms with Crippen molar-refractivity contribution in [2.45, 2.75) is 18.9 Å². The standard InChI is InChI=1S/C7H11NO2/c1-2-6(9-4-1)7-8-3-5-10-7/h6H,1-5H2/t6-/m1/s1. The summed E-state index contributed by atoms with van der Waals surface area (Å²) in [6.07, 6.45) is 2.41. The Labute approximate surface area is 60.0 Å². The normalized spacial score (nSPS) is 32.0. The lowest BCUT2D eigenvalue weighted by Gasteiger charge is -2.07. The fourth-order valence-electron chi connectivity index (χ4n) is 1.32. The van der Waals surface area contributed by atoms with Crippen molar-refractivity contribution in [2.24, 2.45) is 4.99 Å². The van der Waals surface area contributed by atoms with Gasteiger partial charge in [-0.1, -0.05) is 0 Å². The Bertz CT molecular complexity index is 150. The summed E-state index contributed by atoms with van der Waals surface area (Å²) in [4.78, 5) is 4.19. The third-order valence-electron chi connectivity index (χ3n) is 1.81. The SMILES string of the molecule is C1CO[C@@H](C2=NCCO2)C1. The molecule has 2 aliphatic rings. The smallest absolute Gasteiger partial charge is 0.213 e. The molecule has 0 aromatic heterocycles. The third-order valence-corrected chi connectivity index (χ3v) is 1.81. The Balaban J connectivity index is 1.97. The molecule has 0 bridgehead atoms. The first-order valence-electron chi connectivity index (χ1n) is 3.75. The quantitative estimate of drug-likeness (QED) is 0.535. The van der Waals surface area contributed by atoms with Crippen molar-refractivity contribution < 1.29 is 9.47 Å². The molecule has 1 saturated heterocycles. The molecule has 0 saturated carbocycles.